The first-order valence-corrected chi connectivity index (χ1v) is 7.82. The van der Waals surface area contributed by atoms with Crippen LogP contribution in [0, 0.1) is 11.6 Å². The van der Waals surface area contributed by atoms with Gasteiger partial charge < -0.3 is 4.90 Å². The predicted molar refractivity (Wildman–Crippen MR) is 82.7 cm³/mol. The second-order valence-electron chi connectivity index (χ2n) is 5.95. The number of carbonyl (C=O) groups excluding carboxylic acids is 1. The van der Waals surface area contributed by atoms with E-state index in [2.05, 4.69) is 9.97 Å². The highest BCUT2D eigenvalue weighted by Gasteiger charge is 2.31. The highest BCUT2D eigenvalue weighted by Crippen LogP contribution is 2.28. The summed E-state index contributed by atoms with van der Waals surface area (Å²) in [6, 6.07) is 1.97. The summed E-state index contributed by atoms with van der Waals surface area (Å²) >= 11 is 0. The molecule has 4 rings (SSSR count). The third kappa shape index (κ3) is 2.59. The van der Waals surface area contributed by atoms with Crippen LogP contribution in [0.25, 0.3) is 5.65 Å². The first-order valence-electron chi connectivity index (χ1n) is 7.82. The molecule has 134 valence electrons. The van der Waals surface area contributed by atoms with Crippen molar-refractivity contribution in [3.05, 3.63) is 64.9 Å². The van der Waals surface area contributed by atoms with Crippen molar-refractivity contribution in [1.29, 1.82) is 0 Å². The topological polar surface area (TPSA) is 50.5 Å². The molecule has 0 N–H and O–H groups in total. The Kier molecular flexibility index (Phi) is 3.86. The van der Waals surface area contributed by atoms with Crippen LogP contribution in [-0.2, 0) is 13.0 Å². The third-order valence-electron chi connectivity index (χ3n) is 4.41. The van der Waals surface area contributed by atoms with E-state index in [-0.39, 0.29) is 36.4 Å². The largest absolute Gasteiger partial charge is 0.333 e. The van der Waals surface area contributed by atoms with Gasteiger partial charge in [0.05, 0.1) is 6.20 Å². The van der Waals surface area contributed by atoms with Gasteiger partial charge in [-0.05, 0) is 18.1 Å². The van der Waals surface area contributed by atoms with Gasteiger partial charge in [-0.2, -0.15) is 0 Å². The number of alkyl halides is 2. The molecule has 9 heteroatoms. The van der Waals surface area contributed by atoms with Gasteiger partial charge in [0.1, 0.15) is 23.0 Å². The lowest BCUT2D eigenvalue weighted by Gasteiger charge is -2.29. The molecule has 0 saturated carbocycles. The summed E-state index contributed by atoms with van der Waals surface area (Å²) in [7, 11) is 0. The highest BCUT2D eigenvalue weighted by atomic mass is 19.3. The molecular formula is C17H12F4N4O. The Morgan fingerprint density at radius 3 is 2.81 bits per heavy atom. The number of nitrogens with zero attached hydrogens (tertiary/aromatic N) is 4. The maximum Gasteiger partial charge on any atom is 0.282 e. The molecule has 5 nitrogen and oxygen atoms in total. The van der Waals surface area contributed by atoms with Crippen molar-refractivity contribution in [3.8, 4) is 0 Å². The predicted octanol–water partition coefficient (Wildman–Crippen LogP) is 3.14. The van der Waals surface area contributed by atoms with Crippen LogP contribution in [0.3, 0.4) is 0 Å². The van der Waals surface area contributed by atoms with Gasteiger partial charge in [-0.3, -0.25) is 14.2 Å². The minimum absolute atomic E-state index is 0.122. The van der Waals surface area contributed by atoms with E-state index in [9.17, 15) is 22.4 Å². The van der Waals surface area contributed by atoms with Crippen LogP contribution in [0.5, 0.6) is 0 Å². The van der Waals surface area contributed by atoms with Gasteiger partial charge in [-0.25, -0.2) is 22.5 Å². The zero-order chi connectivity index (χ0) is 18.4. The van der Waals surface area contributed by atoms with E-state index in [1.54, 1.807) is 0 Å². The highest BCUT2D eigenvalue weighted by molar-refractivity contribution is 5.95. The Morgan fingerprint density at radius 1 is 1.23 bits per heavy atom. The zero-order valence-corrected chi connectivity index (χ0v) is 13.3. The molecule has 26 heavy (non-hydrogen) atoms. The Balaban J connectivity index is 1.75. The molecular weight excluding hydrogens is 352 g/mol. The van der Waals surface area contributed by atoms with E-state index >= 15 is 0 Å². The van der Waals surface area contributed by atoms with Crippen LogP contribution in [0.15, 0.2) is 30.7 Å². The summed E-state index contributed by atoms with van der Waals surface area (Å²) in [4.78, 5) is 21.8. The zero-order valence-electron chi connectivity index (χ0n) is 13.3. The molecule has 0 radical (unpaired) electrons. The number of imidazole rings is 1. The maximum atomic E-state index is 14.0. The second kappa shape index (κ2) is 6.08. The lowest BCUT2D eigenvalue weighted by Crippen LogP contribution is -2.37. The molecule has 0 bridgehead atoms. The second-order valence-corrected chi connectivity index (χ2v) is 5.95. The Hall–Kier alpha value is -2.97. The van der Waals surface area contributed by atoms with E-state index in [1.165, 1.54) is 34.0 Å². The maximum absolute atomic E-state index is 14.0. The monoisotopic (exact) mass is 364 g/mol. The van der Waals surface area contributed by atoms with Crippen molar-refractivity contribution in [1.82, 2.24) is 19.3 Å². The molecule has 0 aliphatic carbocycles. The number of rotatable bonds is 2. The number of amides is 1. The van der Waals surface area contributed by atoms with E-state index in [4.69, 9.17) is 0 Å². The molecule has 1 aliphatic heterocycles. The summed E-state index contributed by atoms with van der Waals surface area (Å²) in [6.45, 7) is 0.0387. The van der Waals surface area contributed by atoms with Gasteiger partial charge in [0, 0.05) is 37.1 Å². The summed E-state index contributed by atoms with van der Waals surface area (Å²) in [5.41, 5.74) is -0.128. The molecule has 2 aromatic heterocycles. The quantitative estimate of drug-likeness (QED) is 0.657. The fourth-order valence-electron chi connectivity index (χ4n) is 3.20. The van der Waals surface area contributed by atoms with Crippen molar-refractivity contribution in [3.63, 3.8) is 0 Å². The van der Waals surface area contributed by atoms with Crippen molar-refractivity contribution >= 4 is 11.6 Å². The van der Waals surface area contributed by atoms with Crippen LogP contribution < -0.4 is 0 Å². The van der Waals surface area contributed by atoms with Crippen LogP contribution >= 0.6 is 0 Å². The number of benzene rings is 1. The smallest absolute Gasteiger partial charge is 0.282 e. The minimum Gasteiger partial charge on any atom is -0.333 e. The molecule has 1 amide bonds. The summed E-state index contributed by atoms with van der Waals surface area (Å²) in [5.74, 6) is -2.13. The van der Waals surface area contributed by atoms with E-state index in [0.29, 0.717) is 5.56 Å². The van der Waals surface area contributed by atoms with Gasteiger partial charge in [0.2, 0.25) is 0 Å². The number of halogens is 4. The lowest BCUT2D eigenvalue weighted by molar-refractivity contribution is 0.0712. The van der Waals surface area contributed by atoms with Crippen molar-refractivity contribution in [2.75, 3.05) is 6.54 Å². The Labute approximate surface area is 144 Å². The molecule has 0 fully saturated rings. The van der Waals surface area contributed by atoms with Gasteiger partial charge in [0.25, 0.3) is 12.3 Å². The normalized spacial score (nSPS) is 14.1. The first-order chi connectivity index (χ1) is 12.5. The van der Waals surface area contributed by atoms with Crippen LogP contribution in [0.4, 0.5) is 17.6 Å². The molecule has 3 aromatic rings. The van der Waals surface area contributed by atoms with Gasteiger partial charge in [-0.1, -0.05) is 0 Å². The molecule has 0 atom stereocenters. The number of hydrogen-bond acceptors (Lipinski definition) is 3. The van der Waals surface area contributed by atoms with E-state index < -0.39 is 29.7 Å². The number of carbonyl (C=O) groups is 1. The summed E-state index contributed by atoms with van der Waals surface area (Å²) < 4.78 is 55.4. The van der Waals surface area contributed by atoms with Crippen LogP contribution in [0.2, 0.25) is 0 Å². The number of fused-ring (bicyclic) bond motifs is 2. The van der Waals surface area contributed by atoms with Gasteiger partial charge in [-0.15, -0.1) is 0 Å². The SMILES string of the molecule is O=C(c1c(C(F)F)nc2cnccn12)N1CCc2cc(F)cc(F)c2C1. The third-order valence-corrected chi connectivity index (χ3v) is 4.41. The molecule has 0 saturated heterocycles. The molecule has 1 aromatic carbocycles. The number of aromatic nitrogens is 3. The average molecular weight is 364 g/mol. The summed E-state index contributed by atoms with van der Waals surface area (Å²) in [5, 5.41) is 0. The Bertz CT molecular complexity index is 1020. The first kappa shape index (κ1) is 16.5. The number of hydrogen-bond donors (Lipinski definition) is 0. The minimum atomic E-state index is -2.95. The van der Waals surface area contributed by atoms with Crippen molar-refractivity contribution in [2.24, 2.45) is 0 Å². The standard InChI is InChI=1S/C17H12F4N4O/c18-10-5-9-1-3-24(8-11(9)12(19)6-10)17(26)15-14(16(20)21)23-13-7-22-2-4-25(13)15/h2,4-7,16H,1,3,8H2. The summed E-state index contributed by atoms with van der Waals surface area (Å²) in [6.07, 6.45) is 1.29. The Morgan fingerprint density at radius 2 is 2.04 bits per heavy atom. The van der Waals surface area contributed by atoms with Crippen LogP contribution in [0.1, 0.15) is 33.7 Å². The fraction of sp³-hybridized carbons (Fsp3) is 0.235. The molecule has 0 spiro atoms. The molecule has 3 heterocycles. The van der Waals surface area contributed by atoms with Crippen molar-refractivity contribution in [2.45, 2.75) is 19.4 Å². The fourth-order valence-corrected chi connectivity index (χ4v) is 3.20. The van der Waals surface area contributed by atoms with Gasteiger partial charge >= 0.3 is 0 Å². The lowest BCUT2D eigenvalue weighted by atomic mass is 9.98. The average Bonchev–Trinajstić information content (AvgIpc) is 3.00. The van der Waals surface area contributed by atoms with E-state index in [0.717, 1.165) is 6.07 Å². The molecule has 1 aliphatic rings. The molecule has 0 unspecified atom stereocenters. The van der Waals surface area contributed by atoms with Gasteiger partial charge in [0.15, 0.2) is 5.65 Å². The van der Waals surface area contributed by atoms with Crippen molar-refractivity contribution < 1.29 is 22.4 Å². The van der Waals surface area contributed by atoms with E-state index in [1.807, 2.05) is 0 Å². The van der Waals surface area contributed by atoms with Crippen LogP contribution in [-0.4, -0.2) is 31.7 Å².